The Labute approximate surface area is 234 Å². The zero-order valence-electron chi connectivity index (χ0n) is 21.4. The van der Waals surface area contributed by atoms with E-state index >= 15 is 0 Å². The van der Waals surface area contributed by atoms with Crippen molar-refractivity contribution in [1.82, 2.24) is 16.0 Å². The number of carbonyl (C=O) groups is 4. The lowest BCUT2D eigenvalue weighted by atomic mass is 9.97. The summed E-state index contributed by atoms with van der Waals surface area (Å²) in [6.45, 7) is 5.39. The zero-order valence-corrected chi connectivity index (χ0v) is 23.7. The molecule has 0 saturated carbocycles. The second-order valence-corrected chi connectivity index (χ2v) is 11.9. The van der Waals surface area contributed by atoms with Gasteiger partial charge in [-0.25, -0.2) is 9.59 Å². The third-order valence-corrected chi connectivity index (χ3v) is 5.10. The van der Waals surface area contributed by atoms with Crippen molar-refractivity contribution in [3.8, 4) is 0 Å². The summed E-state index contributed by atoms with van der Waals surface area (Å²) < 4.78 is 19.0. The van der Waals surface area contributed by atoms with Gasteiger partial charge in [-0.15, -0.1) is 0 Å². The fourth-order valence-corrected chi connectivity index (χ4v) is 3.24. The largest absolute Gasteiger partial charge is 0.458 e. The number of rotatable bonds is 10. The van der Waals surface area contributed by atoms with Crippen molar-refractivity contribution in [2.24, 2.45) is 0 Å². The van der Waals surface area contributed by atoms with Gasteiger partial charge in [0.05, 0.1) is 13.2 Å². The van der Waals surface area contributed by atoms with Crippen molar-refractivity contribution >= 4 is 58.7 Å². The smallest absolute Gasteiger partial charge is 0.408 e. The SMILES string of the molecule is CC(=O)N[C@H]1[C@H](OC[C@H](NC(=O)OCC(Cl)(Cl)Cl)C(=O)N[C@@H](C)C(=O)OC(C)(C)C)O[C@H](CO)[C@@H](O)[C@@H]1O. The molecule has 7 atom stereocenters. The Kier molecular flexibility index (Phi) is 13.3. The molecule has 1 saturated heterocycles. The maximum atomic E-state index is 12.9. The van der Waals surface area contributed by atoms with E-state index in [1.165, 1.54) is 6.92 Å². The van der Waals surface area contributed by atoms with E-state index in [2.05, 4.69) is 16.0 Å². The second-order valence-electron chi connectivity index (χ2n) is 9.42. The lowest BCUT2D eigenvalue weighted by Crippen LogP contribution is -2.65. The number of aliphatic hydroxyl groups is 3. The quantitative estimate of drug-likeness (QED) is 0.134. The van der Waals surface area contributed by atoms with Gasteiger partial charge in [0.15, 0.2) is 6.29 Å². The number of nitrogens with one attached hydrogen (secondary N) is 3. The van der Waals surface area contributed by atoms with Crippen molar-refractivity contribution < 1.29 is 53.4 Å². The first-order chi connectivity index (χ1) is 17.3. The summed E-state index contributed by atoms with van der Waals surface area (Å²) in [6.07, 6.45) is -7.14. The van der Waals surface area contributed by atoms with Gasteiger partial charge in [-0.1, -0.05) is 34.8 Å². The van der Waals surface area contributed by atoms with Gasteiger partial charge in [0.25, 0.3) is 0 Å². The van der Waals surface area contributed by atoms with Crippen LogP contribution in [0.4, 0.5) is 4.79 Å². The topological polar surface area (TPSA) is 202 Å². The molecule has 0 radical (unpaired) electrons. The van der Waals surface area contributed by atoms with Crippen LogP contribution >= 0.6 is 34.8 Å². The van der Waals surface area contributed by atoms with Gasteiger partial charge in [0.1, 0.15) is 48.6 Å². The third-order valence-electron chi connectivity index (χ3n) is 4.77. The number of halogens is 3. The fraction of sp³-hybridized carbons (Fsp3) is 0.810. The predicted octanol–water partition coefficient (Wildman–Crippen LogP) is -0.742. The number of hydrogen-bond donors (Lipinski definition) is 6. The molecule has 0 aromatic carbocycles. The van der Waals surface area contributed by atoms with Gasteiger partial charge in [0.2, 0.25) is 15.6 Å². The van der Waals surface area contributed by atoms with Crippen LogP contribution in [0.25, 0.3) is 0 Å². The molecule has 3 amide bonds. The van der Waals surface area contributed by atoms with Gasteiger partial charge in [0, 0.05) is 6.92 Å². The van der Waals surface area contributed by atoms with Crippen LogP contribution in [0.1, 0.15) is 34.6 Å². The van der Waals surface area contributed by atoms with Crippen molar-refractivity contribution in [2.45, 2.75) is 86.7 Å². The number of alkyl carbamates (subject to hydrolysis) is 1. The monoisotopic (exact) mass is 609 g/mol. The molecule has 1 aliphatic rings. The Morgan fingerprint density at radius 3 is 2.16 bits per heavy atom. The van der Waals surface area contributed by atoms with E-state index in [0.29, 0.717) is 0 Å². The number of amides is 3. The molecule has 1 aliphatic heterocycles. The van der Waals surface area contributed by atoms with Crippen LogP contribution in [0, 0.1) is 0 Å². The number of hydrogen-bond acceptors (Lipinski definition) is 11. The van der Waals surface area contributed by atoms with Crippen molar-refractivity contribution in [2.75, 3.05) is 19.8 Å². The number of carbonyl (C=O) groups excluding carboxylic acids is 4. The minimum Gasteiger partial charge on any atom is -0.458 e. The predicted molar refractivity (Wildman–Crippen MR) is 133 cm³/mol. The summed E-state index contributed by atoms with van der Waals surface area (Å²) in [5.74, 6) is -2.27. The molecular weight excluding hydrogens is 577 g/mol. The van der Waals surface area contributed by atoms with Gasteiger partial charge in [-0.2, -0.15) is 0 Å². The molecule has 0 aromatic rings. The average Bonchev–Trinajstić information content (AvgIpc) is 2.77. The Morgan fingerprint density at radius 1 is 1.05 bits per heavy atom. The number of ether oxygens (including phenoxy) is 4. The van der Waals surface area contributed by atoms with Crippen LogP contribution in [-0.4, -0.2) is 111 Å². The van der Waals surface area contributed by atoms with Crippen molar-refractivity contribution in [1.29, 1.82) is 0 Å². The summed E-state index contributed by atoms with van der Waals surface area (Å²) in [5.41, 5.74) is -0.830. The van der Waals surface area contributed by atoms with Gasteiger partial charge >= 0.3 is 12.1 Å². The van der Waals surface area contributed by atoms with Gasteiger partial charge in [-0.05, 0) is 27.7 Å². The highest BCUT2D eigenvalue weighted by Crippen LogP contribution is 2.26. The lowest BCUT2D eigenvalue weighted by molar-refractivity contribution is -0.270. The minimum absolute atomic E-state index is 0.602. The zero-order chi connectivity index (χ0) is 29.4. The molecular formula is C21H34Cl3N3O11. The van der Waals surface area contributed by atoms with E-state index < -0.39 is 95.8 Å². The van der Waals surface area contributed by atoms with Crippen LogP contribution in [-0.2, 0) is 33.3 Å². The summed E-state index contributed by atoms with van der Waals surface area (Å²) in [4.78, 5) is 49.1. The highest BCUT2D eigenvalue weighted by atomic mass is 35.6. The van der Waals surface area contributed by atoms with Crippen molar-refractivity contribution in [3.63, 3.8) is 0 Å². The first-order valence-electron chi connectivity index (χ1n) is 11.4. The molecule has 38 heavy (non-hydrogen) atoms. The lowest BCUT2D eigenvalue weighted by Gasteiger charge is -2.42. The molecule has 6 N–H and O–H groups in total. The highest BCUT2D eigenvalue weighted by Gasteiger charge is 2.46. The molecule has 14 nitrogen and oxygen atoms in total. The molecule has 0 unspecified atom stereocenters. The van der Waals surface area contributed by atoms with Crippen molar-refractivity contribution in [3.05, 3.63) is 0 Å². The van der Waals surface area contributed by atoms with Crippen LogP contribution in [0.2, 0.25) is 0 Å². The number of alkyl halides is 3. The normalized spacial score (nSPS) is 25.5. The van der Waals surface area contributed by atoms with E-state index in [4.69, 9.17) is 53.8 Å². The molecule has 0 aliphatic carbocycles. The van der Waals surface area contributed by atoms with E-state index in [-0.39, 0.29) is 0 Å². The van der Waals surface area contributed by atoms with Gasteiger partial charge in [-0.3, -0.25) is 9.59 Å². The fourth-order valence-electron chi connectivity index (χ4n) is 3.08. The molecule has 17 heteroatoms. The molecule has 220 valence electrons. The van der Waals surface area contributed by atoms with Crippen LogP contribution in [0.3, 0.4) is 0 Å². The van der Waals surface area contributed by atoms with E-state index in [9.17, 15) is 34.5 Å². The molecule has 0 aromatic heterocycles. The Hall–Kier alpha value is -1.65. The van der Waals surface area contributed by atoms with E-state index in [1.54, 1.807) is 20.8 Å². The third kappa shape index (κ3) is 12.0. The first-order valence-corrected chi connectivity index (χ1v) is 12.5. The number of esters is 1. The van der Waals surface area contributed by atoms with Crippen LogP contribution in [0.5, 0.6) is 0 Å². The summed E-state index contributed by atoms with van der Waals surface area (Å²) in [5, 5.41) is 36.9. The standard InChI is InChI=1S/C21H34Cl3N3O11/c1-9(17(33)38-20(3,4)5)25-16(32)11(27-19(34)36-8-21(22,23)24)7-35-18-13(26-10(2)29)15(31)14(30)12(6-28)37-18/h9,11-15,18,28,30-31H,6-8H2,1-5H3,(H,25,32)(H,26,29)(H,27,34)/t9-,11-,12+,13+,14+,15+,18+/m0/s1. The molecule has 1 rings (SSSR count). The minimum atomic E-state index is -1.94. The van der Waals surface area contributed by atoms with E-state index in [0.717, 1.165) is 6.92 Å². The molecule has 0 spiro atoms. The number of aliphatic hydroxyl groups excluding tert-OH is 3. The average molecular weight is 611 g/mol. The molecule has 1 fully saturated rings. The van der Waals surface area contributed by atoms with Crippen LogP contribution < -0.4 is 16.0 Å². The second kappa shape index (κ2) is 14.7. The highest BCUT2D eigenvalue weighted by molar-refractivity contribution is 6.67. The Morgan fingerprint density at radius 2 is 1.66 bits per heavy atom. The Bertz CT molecular complexity index is 837. The first kappa shape index (κ1) is 34.4. The Balaban J connectivity index is 3.05. The maximum absolute atomic E-state index is 12.9. The summed E-state index contributed by atoms with van der Waals surface area (Å²) in [7, 11) is 0. The van der Waals surface area contributed by atoms with E-state index in [1.807, 2.05) is 0 Å². The molecule has 0 bridgehead atoms. The van der Waals surface area contributed by atoms with Gasteiger partial charge < -0.3 is 50.2 Å². The summed E-state index contributed by atoms with van der Waals surface area (Å²) in [6, 6.07) is -4.00. The summed E-state index contributed by atoms with van der Waals surface area (Å²) >= 11 is 16.7. The van der Waals surface area contributed by atoms with Crippen LogP contribution in [0.15, 0.2) is 0 Å². The maximum Gasteiger partial charge on any atom is 0.408 e. The molecule has 1 heterocycles.